The lowest BCUT2D eigenvalue weighted by atomic mass is 9.85. The number of carbonyl (C=O) groups excluding carboxylic acids is 2. The summed E-state index contributed by atoms with van der Waals surface area (Å²) in [5, 5.41) is 11.7. The number of carbonyl (C=O) groups is 3. The fourth-order valence-corrected chi connectivity index (χ4v) is 4.60. The van der Waals surface area contributed by atoms with Gasteiger partial charge in [0, 0.05) is 24.9 Å². The number of nitrogens with one attached hydrogen (secondary N) is 1. The second-order valence-electron chi connectivity index (χ2n) is 10.4. The third kappa shape index (κ3) is 6.21. The van der Waals surface area contributed by atoms with Crippen LogP contribution < -0.4 is 5.32 Å². The lowest BCUT2D eigenvalue weighted by molar-refractivity contribution is -0.140. The maximum atomic E-state index is 13.4. The standard InChI is InChI=1S/C28H36N2O5/c1-18(2)30(16-10-15-24(31)32)26(33)25(28(3,4)5)29-27(34)35-17-23-21-13-8-6-11-19(21)20-12-7-9-14-22(20)23/h6-9,11-14,18,23,25H,10,15-17H2,1-5H3,(H,29,34)(H,31,32). The van der Waals surface area contributed by atoms with Gasteiger partial charge < -0.3 is 20.1 Å². The number of aliphatic carboxylic acids is 1. The molecule has 0 radical (unpaired) electrons. The van der Waals surface area contributed by atoms with E-state index in [1.54, 1.807) is 4.90 Å². The van der Waals surface area contributed by atoms with Gasteiger partial charge in [-0.25, -0.2) is 4.79 Å². The fourth-order valence-electron chi connectivity index (χ4n) is 4.60. The van der Waals surface area contributed by atoms with Crippen LogP contribution in [0.4, 0.5) is 4.79 Å². The van der Waals surface area contributed by atoms with E-state index < -0.39 is 23.5 Å². The summed E-state index contributed by atoms with van der Waals surface area (Å²) >= 11 is 0. The molecule has 35 heavy (non-hydrogen) atoms. The van der Waals surface area contributed by atoms with Crippen molar-refractivity contribution in [3.63, 3.8) is 0 Å². The van der Waals surface area contributed by atoms with E-state index in [-0.39, 0.29) is 30.9 Å². The smallest absolute Gasteiger partial charge is 0.407 e. The molecule has 0 bridgehead atoms. The Hall–Kier alpha value is -3.35. The third-order valence-corrected chi connectivity index (χ3v) is 6.41. The number of amides is 2. The molecule has 0 aromatic heterocycles. The summed E-state index contributed by atoms with van der Waals surface area (Å²) in [4.78, 5) is 38.9. The van der Waals surface area contributed by atoms with Crippen LogP contribution in [0.3, 0.4) is 0 Å². The monoisotopic (exact) mass is 480 g/mol. The van der Waals surface area contributed by atoms with Crippen molar-refractivity contribution in [2.24, 2.45) is 5.41 Å². The van der Waals surface area contributed by atoms with Crippen LogP contribution in [0.15, 0.2) is 48.5 Å². The second kappa shape index (κ2) is 10.9. The highest BCUT2D eigenvalue weighted by molar-refractivity contribution is 5.87. The Labute approximate surface area is 207 Å². The normalized spacial score (nSPS) is 13.7. The minimum absolute atomic E-state index is 0.0174. The van der Waals surface area contributed by atoms with Crippen molar-refractivity contribution in [1.29, 1.82) is 0 Å². The van der Waals surface area contributed by atoms with E-state index >= 15 is 0 Å². The first-order valence-corrected chi connectivity index (χ1v) is 12.1. The largest absolute Gasteiger partial charge is 0.481 e. The van der Waals surface area contributed by atoms with Gasteiger partial charge in [-0.05, 0) is 47.9 Å². The predicted molar refractivity (Wildman–Crippen MR) is 135 cm³/mol. The van der Waals surface area contributed by atoms with Crippen molar-refractivity contribution < 1.29 is 24.2 Å². The van der Waals surface area contributed by atoms with Gasteiger partial charge in [-0.15, -0.1) is 0 Å². The van der Waals surface area contributed by atoms with Crippen LogP contribution >= 0.6 is 0 Å². The van der Waals surface area contributed by atoms with E-state index in [0.717, 1.165) is 22.3 Å². The van der Waals surface area contributed by atoms with Gasteiger partial charge in [-0.2, -0.15) is 0 Å². The SMILES string of the molecule is CC(C)N(CCCC(=O)O)C(=O)C(NC(=O)OCC1c2ccccc2-c2ccccc21)C(C)(C)C. The van der Waals surface area contributed by atoms with Gasteiger partial charge in [0.25, 0.3) is 0 Å². The van der Waals surface area contributed by atoms with Crippen molar-refractivity contribution in [1.82, 2.24) is 10.2 Å². The number of hydrogen-bond acceptors (Lipinski definition) is 4. The maximum absolute atomic E-state index is 13.4. The summed E-state index contributed by atoms with van der Waals surface area (Å²) in [6.45, 7) is 9.88. The van der Waals surface area contributed by atoms with Gasteiger partial charge in [0.2, 0.25) is 5.91 Å². The Kier molecular flexibility index (Phi) is 8.20. The van der Waals surface area contributed by atoms with E-state index in [4.69, 9.17) is 9.84 Å². The van der Waals surface area contributed by atoms with Gasteiger partial charge in [0.15, 0.2) is 0 Å². The van der Waals surface area contributed by atoms with Crippen LogP contribution in [-0.4, -0.2) is 53.2 Å². The minimum Gasteiger partial charge on any atom is -0.481 e. The van der Waals surface area contributed by atoms with Crippen molar-refractivity contribution >= 4 is 18.0 Å². The number of benzene rings is 2. The molecule has 0 fully saturated rings. The second-order valence-corrected chi connectivity index (χ2v) is 10.4. The van der Waals surface area contributed by atoms with Crippen molar-refractivity contribution in [3.8, 4) is 11.1 Å². The van der Waals surface area contributed by atoms with Gasteiger partial charge in [-0.1, -0.05) is 69.3 Å². The van der Waals surface area contributed by atoms with Crippen molar-refractivity contribution in [2.75, 3.05) is 13.2 Å². The molecule has 2 amide bonds. The highest BCUT2D eigenvalue weighted by atomic mass is 16.5. The molecule has 0 aliphatic heterocycles. The first-order chi connectivity index (χ1) is 16.5. The van der Waals surface area contributed by atoms with Crippen LogP contribution in [0.5, 0.6) is 0 Å². The highest BCUT2D eigenvalue weighted by Crippen LogP contribution is 2.44. The first kappa shape index (κ1) is 26.3. The summed E-state index contributed by atoms with van der Waals surface area (Å²) in [6, 6.07) is 15.3. The van der Waals surface area contributed by atoms with E-state index in [9.17, 15) is 14.4 Å². The zero-order chi connectivity index (χ0) is 25.8. The molecule has 1 aliphatic carbocycles. The quantitative estimate of drug-likeness (QED) is 0.524. The number of carboxylic acid groups (broad SMARTS) is 1. The lowest BCUT2D eigenvalue weighted by Gasteiger charge is -2.36. The maximum Gasteiger partial charge on any atom is 0.407 e. The molecule has 1 aliphatic rings. The van der Waals surface area contributed by atoms with Gasteiger partial charge in [-0.3, -0.25) is 9.59 Å². The molecule has 2 aromatic rings. The molecule has 0 spiro atoms. The van der Waals surface area contributed by atoms with Crippen LogP contribution in [0.2, 0.25) is 0 Å². The summed E-state index contributed by atoms with van der Waals surface area (Å²) in [7, 11) is 0. The number of ether oxygens (including phenoxy) is 1. The Morgan fingerprint density at radius 2 is 1.54 bits per heavy atom. The van der Waals surface area contributed by atoms with Gasteiger partial charge in [0.05, 0.1) is 0 Å². The number of carboxylic acids is 1. The summed E-state index contributed by atoms with van der Waals surface area (Å²) < 4.78 is 5.67. The summed E-state index contributed by atoms with van der Waals surface area (Å²) in [5.74, 6) is -1.21. The van der Waals surface area contributed by atoms with Crippen LogP contribution in [-0.2, 0) is 14.3 Å². The van der Waals surface area contributed by atoms with E-state index in [0.29, 0.717) is 13.0 Å². The molecular formula is C28H36N2O5. The van der Waals surface area contributed by atoms with Crippen LogP contribution in [0.25, 0.3) is 11.1 Å². The molecule has 7 nitrogen and oxygen atoms in total. The molecule has 1 atom stereocenters. The number of alkyl carbamates (subject to hydrolysis) is 1. The summed E-state index contributed by atoms with van der Waals surface area (Å²) in [6.07, 6.45) is -0.313. The van der Waals surface area contributed by atoms with Crippen molar-refractivity contribution in [2.45, 2.75) is 65.5 Å². The van der Waals surface area contributed by atoms with Gasteiger partial charge in [0.1, 0.15) is 12.6 Å². The van der Waals surface area contributed by atoms with E-state index in [1.807, 2.05) is 58.9 Å². The highest BCUT2D eigenvalue weighted by Gasteiger charge is 2.37. The fraction of sp³-hybridized carbons (Fsp3) is 0.464. The van der Waals surface area contributed by atoms with Crippen molar-refractivity contribution in [3.05, 3.63) is 59.7 Å². The van der Waals surface area contributed by atoms with E-state index in [2.05, 4.69) is 29.6 Å². The molecular weight excluding hydrogens is 444 g/mol. The molecule has 7 heteroatoms. The molecule has 0 saturated heterocycles. The molecule has 0 saturated carbocycles. The third-order valence-electron chi connectivity index (χ3n) is 6.41. The van der Waals surface area contributed by atoms with Crippen LogP contribution in [0.1, 0.15) is 64.5 Å². The molecule has 2 N–H and O–H groups in total. The average Bonchev–Trinajstić information content (AvgIpc) is 3.11. The predicted octanol–water partition coefficient (Wildman–Crippen LogP) is 5.04. The molecule has 2 aromatic carbocycles. The number of nitrogens with zero attached hydrogens (tertiary/aromatic N) is 1. The Morgan fingerprint density at radius 3 is 2.03 bits per heavy atom. The molecule has 1 unspecified atom stereocenters. The lowest BCUT2D eigenvalue weighted by Crippen LogP contribution is -2.56. The van der Waals surface area contributed by atoms with Crippen LogP contribution in [0, 0.1) is 5.41 Å². The molecule has 188 valence electrons. The topological polar surface area (TPSA) is 95.9 Å². The minimum atomic E-state index is -0.898. The average molecular weight is 481 g/mol. The van der Waals surface area contributed by atoms with Gasteiger partial charge >= 0.3 is 12.1 Å². The number of fused-ring (bicyclic) bond motifs is 3. The first-order valence-electron chi connectivity index (χ1n) is 12.1. The Balaban J connectivity index is 1.70. The Bertz CT molecular complexity index is 1030. The number of rotatable bonds is 9. The summed E-state index contributed by atoms with van der Waals surface area (Å²) in [5.41, 5.74) is 3.97. The molecule has 0 heterocycles. The Morgan fingerprint density at radius 1 is 1.00 bits per heavy atom. The molecule has 3 rings (SSSR count). The van der Waals surface area contributed by atoms with E-state index in [1.165, 1.54) is 0 Å². The number of hydrogen-bond donors (Lipinski definition) is 2. The zero-order valence-corrected chi connectivity index (χ0v) is 21.2. The zero-order valence-electron chi connectivity index (χ0n) is 21.2.